The molecule has 0 aliphatic rings. The molecule has 140 valence electrons. The largest absolute Gasteiger partial charge is 0.457 e. The Labute approximate surface area is 168 Å². The van der Waals surface area contributed by atoms with Crippen LogP contribution in [0.15, 0.2) is 85.1 Å². The normalized spacial score (nSPS) is 10.3. The number of hydrogen-bond acceptors (Lipinski definition) is 4. The lowest BCUT2D eigenvalue weighted by Crippen LogP contribution is -2.22. The smallest absolute Gasteiger partial charge is 0.251 e. The molecule has 0 unspecified atom stereocenters. The van der Waals surface area contributed by atoms with Crippen LogP contribution in [0.1, 0.15) is 21.5 Å². The van der Waals surface area contributed by atoms with Gasteiger partial charge in [-0.2, -0.15) is 5.26 Å². The van der Waals surface area contributed by atoms with Crippen molar-refractivity contribution in [2.24, 2.45) is 0 Å². The molecular formula is C24H17N3O2. The summed E-state index contributed by atoms with van der Waals surface area (Å²) < 4.78 is 6.02. The van der Waals surface area contributed by atoms with E-state index >= 15 is 0 Å². The van der Waals surface area contributed by atoms with Gasteiger partial charge in [0.05, 0.1) is 17.1 Å². The second-order valence-electron chi connectivity index (χ2n) is 6.45. The highest BCUT2D eigenvalue weighted by Gasteiger charge is 2.09. The zero-order chi connectivity index (χ0) is 20.1. The maximum Gasteiger partial charge on any atom is 0.251 e. The zero-order valence-electron chi connectivity index (χ0n) is 15.5. The summed E-state index contributed by atoms with van der Waals surface area (Å²) in [5, 5.41) is 12.6. The van der Waals surface area contributed by atoms with E-state index < -0.39 is 0 Å². The van der Waals surface area contributed by atoms with Crippen molar-refractivity contribution in [3.05, 3.63) is 102 Å². The standard InChI is InChI=1S/C24H17N3O2/c25-15-17-8-10-18(11-9-17)16-27-24(28)19-4-3-5-20(14-19)29-23-12-13-26-22-7-2-1-6-21(22)23/h1-14H,16H2,(H,27,28). The Morgan fingerprint density at radius 2 is 1.83 bits per heavy atom. The number of nitriles is 1. The summed E-state index contributed by atoms with van der Waals surface area (Å²) in [6.45, 7) is 0.380. The number of ether oxygens (including phenoxy) is 1. The molecule has 3 aromatic carbocycles. The fraction of sp³-hybridized carbons (Fsp3) is 0.0417. The van der Waals surface area contributed by atoms with Gasteiger partial charge in [0.2, 0.25) is 0 Å². The molecule has 0 spiro atoms. The third-order valence-electron chi connectivity index (χ3n) is 4.47. The summed E-state index contributed by atoms with van der Waals surface area (Å²) in [5.74, 6) is 1.07. The van der Waals surface area contributed by atoms with Crippen LogP contribution in [-0.4, -0.2) is 10.9 Å². The molecule has 0 aliphatic heterocycles. The van der Waals surface area contributed by atoms with Crippen molar-refractivity contribution in [2.75, 3.05) is 0 Å². The number of aromatic nitrogens is 1. The van der Waals surface area contributed by atoms with E-state index in [2.05, 4.69) is 16.4 Å². The lowest BCUT2D eigenvalue weighted by molar-refractivity contribution is 0.0950. The van der Waals surface area contributed by atoms with Gasteiger partial charge in [-0.15, -0.1) is 0 Å². The molecular weight excluding hydrogens is 362 g/mol. The first-order valence-electron chi connectivity index (χ1n) is 9.12. The Kier molecular flexibility index (Phi) is 5.17. The lowest BCUT2D eigenvalue weighted by atomic mass is 10.1. The van der Waals surface area contributed by atoms with Crippen LogP contribution in [0.3, 0.4) is 0 Å². The summed E-state index contributed by atoms with van der Waals surface area (Å²) in [4.78, 5) is 16.9. The average Bonchev–Trinajstić information content (AvgIpc) is 2.78. The van der Waals surface area contributed by atoms with E-state index in [4.69, 9.17) is 10.00 Å². The van der Waals surface area contributed by atoms with Crippen LogP contribution in [0, 0.1) is 11.3 Å². The van der Waals surface area contributed by atoms with E-state index in [1.807, 2.05) is 42.5 Å². The van der Waals surface area contributed by atoms with Crippen LogP contribution in [0.4, 0.5) is 0 Å². The third kappa shape index (κ3) is 4.23. The highest BCUT2D eigenvalue weighted by molar-refractivity contribution is 5.94. The zero-order valence-corrected chi connectivity index (χ0v) is 15.5. The van der Waals surface area contributed by atoms with Crippen molar-refractivity contribution in [1.82, 2.24) is 10.3 Å². The minimum atomic E-state index is -0.195. The molecule has 1 heterocycles. The van der Waals surface area contributed by atoms with Gasteiger partial charge in [0.25, 0.3) is 5.91 Å². The van der Waals surface area contributed by atoms with Crippen molar-refractivity contribution >= 4 is 16.8 Å². The summed E-state index contributed by atoms with van der Waals surface area (Å²) >= 11 is 0. The minimum Gasteiger partial charge on any atom is -0.457 e. The van der Waals surface area contributed by atoms with Gasteiger partial charge < -0.3 is 10.1 Å². The van der Waals surface area contributed by atoms with Crippen molar-refractivity contribution in [3.8, 4) is 17.6 Å². The number of benzene rings is 3. The number of nitrogens with one attached hydrogen (secondary N) is 1. The first kappa shape index (κ1) is 18.2. The molecule has 0 radical (unpaired) electrons. The predicted molar refractivity (Wildman–Crippen MR) is 111 cm³/mol. The number of rotatable bonds is 5. The van der Waals surface area contributed by atoms with Crippen molar-refractivity contribution < 1.29 is 9.53 Å². The molecule has 4 aromatic rings. The molecule has 0 atom stereocenters. The number of para-hydroxylation sites is 1. The number of pyridine rings is 1. The van der Waals surface area contributed by atoms with Gasteiger partial charge in [-0.25, -0.2) is 0 Å². The van der Waals surface area contributed by atoms with E-state index in [1.54, 1.807) is 42.6 Å². The van der Waals surface area contributed by atoms with E-state index in [-0.39, 0.29) is 5.91 Å². The SMILES string of the molecule is N#Cc1ccc(CNC(=O)c2cccc(Oc3ccnc4ccccc34)c2)cc1. The molecule has 0 aliphatic carbocycles. The number of nitrogens with zero attached hydrogens (tertiary/aromatic N) is 2. The second-order valence-corrected chi connectivity index (χ2v) is 6.45. The molecule has 0 bridgehead atoms. The molecule has 1 amide bonds. The minimum absolute atomic E-state index is 0.195. The fourth-order valence-corrected chi connectivity index (χ4v) is 2.97. The van der Waals surface area contributed by atoms with Crippen LogP contribution in [-0.2, 0) is 6.54 Å². The second kappa shape index (κ2) is 8.24. The first-order valence-corrected chi connectivity index (χ1v) is 9.12. The molecule has 1 N–H and O–H groups in total. The van der Waals surface area contributed by atoms with Gasteiger partial charge in [-0.3, -0.25) is 9.78 Å². The summed E-state index contributed by atoms with van der Waals surface area (Å²) in [7, 11) is 0. The average molecular weight is 379 g/mol. The molecule has 5 nitrogen and oxygen atoms in total. The predicted octanol–water partition coefficient (Wildman–Crippen LogP) is 4.83. The molecule has 0 saturated heterocycles. The first-order chi connectivity index (χ1) is 14.2. The number of fused-ring (bicyclic) bond motifs is 1. The molecule has 5 heteroatoms. The van der Waals surface area contributed by atoms with E-state index in [1.165, 1.54) is 0 Å². The fourth-order valence-electron chi connectivity index (χ4n) is 2.97. The monoisotopic (exact) mass is 379 g/mol. The Morgan fingerprint density at radius 1 is 1.00 bits per heavy atom. The van der Waals surface area contributed by atoms with Crippen LogP contribution in [0.5, 0.6) is 11.5 Å². The lowest BCUT2D eigenvalue weighted by Gasteiger charge is -2.10. The van der Waals surface area contributed by atoms with Gasteiger partial charge in [-0.05, 0) is 54.1 Å². The topological polar surface area (TPSA) is 75.0 Å². The Bertz CT molecular complexity index is 1210. The van der Waals surface area contributed by atoms with Gasteiger partial charge in [0.15, 0.2) is 0 Å². The van der Waals surface area contributed by atoms with Crippen molar-refractivity contribution in [1.29, 1.82) is 5.26 Å². The highest BCUT2D eigenvalue weighted by atomic mass is 16.5. The molecule has 29 heavy (non-hydrogen) atoms. The maximum atomic E-state index is 12.5. The van der Waals surface area contributed by atoms with Crippen LogP contribution < -0.4 is 10.1 Å². The Hall–Kier alpha value is -4.17. The van der Waals surface area contributed by atoms with Crippen LogP contribution >= 0.6 is 0 Å². The van der Waals surface area contributed by atoms with Gasteiger partial charge in [0.1, 0.15) is 11.5 Å². The van der Waals surface area contributed by atoms with E-state index in [9.17, 15) is 4.79 Å². The molecule has 1 aromatic heterocycles. The molecule has 0 saturated carbocycles. The Morgan fingerprint density at radius 3 is 2.66 bits per heavy atom. The Balaban J connectivity index is 1.47. The summed E-state index contributed by atoms with van der Waals surface area (Å²) in [5.41, 5.74) is 2.87. The van der Waals surface area contributed by atoms with E-state index in [0.717, 1.165) is 16.5 Å². The van der Waals surface area contributed by atoms with Gasteiger partial charge >= 0.3 is 0 Å². The highest BCUT2D eigenvalue weighted by Crippen LogP contribution is 2.28. The molecule has 4 rings (SSSR count). The summed E-state index contributed by atoms with van der Waals surface area (Å²) in [6.07, 6.45) is 1.70. The van der Waals surface area contributed by atoms with Gasteiger partial charge in [-0.1, -0.05) is 30.3 Å². The quantitative estimate of drug-likeness (QED) is 0.539. The van der Waals surface area contributed by atoms with Crippen LogP contribution in [0.2, 0.25) is 0 Å². The van der Waals surface area contributed by atoms with Crippen molar-refractivity contribution in [3.63, 3.8) is 0 Å². The molecule has 0 fully saturated rings. The third-order valence-corrected chi connectivity index (χ3v) is 4.47. The van der Waals surface area contributed by atoms with E-state index in [0.29, 0.717) is 29.2 Å². The summed E-state index contributed by atoms with van der Waals surface area (Å²) in [6, 6.07) is 25.8. The van der Waals surface area contributed by atoms with Crippen molar-refractivity contribution in [2.45, 2.75) is 6.54 Å². The number of carbonyl (C=O) groups excluding carboxylic acids is 1. The van der Waals surface area contributed by atoms with Gasteiger partial charge in [0, 0.05) is 23.7 Å². The number of amides is 1. The number of carbonyl (C=O) groups is 1. The number of hydrogen-bond donors (Lipinski definition) is 1. The van der Waals surface area contributed by atoms with Crippen LogP contribution in [0.25, 0.3) is 10.9 Å². The maximum absolute atomic E-state index is 12.5.